The van der Waals surface area contributed by atoms with Gasteiger partial charge in [-0.25, -0.2) is 9.37 Å². The van der Waals surface area contributed by atoms with E-state index in [1.54, 1.807) is 36.4 Å². The van der Waals surface area contributed by atoms with Crippen LogP contribution >= 0.6 is 11.6 Å². The maximum absolute atomic E-state index is 14.0. The molecule has 1 heterocycles. The van der Waals surface area contributed by atoms with Gasteiger partial charge in [0.15, 0.2) is 6.29 Å². The first-order chi connectivity index (χ1) is 9.72. The highest BCUT2D eigenvalue weighted by Gasteiger charge is 2.15. The molecule has 0 aliphatic rings. The van der Waals surface area contributed by atoms with Crippen LogP contribution < -0.4 is 0 Å². The quantitative estimate of drug-likeness (QED) is 0.512. The number of pyridine rings is 1. The molecular formula is C16H9ClFNO. The van der Waals surface area contributed by atoms with Crippen molar-refractivity contribution in [2.45, 2.75) is 0 Å². The van der Waals surface area contributed by atoms with Crippen molar-refractivity contribution in [3.63, 3.8) is 0 Å². The van der Waals surface area contributed by atoms with Crippen LogP contribution in [0.1, 0.15) is 10.4 Å². The van der Waals surface area contributed by atoms with E-state index in [4.69, 9.17) is 11.6 Å². The van der Waals surface area contributed by atoms with E-state index < -0.39 is 0 Å². The van der Waals surface area contributed by atoms with E-state index in [1.165, 1.54) is 6.07 Å². The predicted octanol–water partition coefficient (Wildman–Crippen LogP) is 4.51. The van der Waals surface area contributed by atoms with Crippen LogP contribution in [0.2, 0.25) is 5.15 Å². The molecule has 3 rings (SSSR count). The number of fused-ring (bicyclic) bond motifs is 1. The lowest BCUT2D eigenvalue weighted by molar-refractivity contribution is 0.112. The van der Waals surface area contributed by atoms with Crippen LogP contribution in [0.3, 0.4) is 0 Å². The molecule has 0 N–H and O–H groups in total. The zero-order valence-electron chi connectivity index (χ0n) is 10.3. The Labute approximate surface area is 119 Å². The molecule has 0 aliphatic heterocycles. The van der Waals surface area contributed by atoms with Crippen molar-refractivity contribution in [1.82, 2.24) is 4.98 Å². The van der Waals surface area contributed by atoms with Gasteiger partial charge in [0.25, 0.3) is 0 Å². The van der Waals surface area contributed by atoms with E-state index in [9.17, 15) is 9.18 Å². The van der Waals surface area contributed by atoms with Gasteiger partial charge < -0.3 is 0 Å². The summed E-state index contributed by atoms with van der Waals surface area (Å²) in [6.45, 7) is 0. The molecule has 0 atom stereocenters. The van der Waals surface area contributed by atoms with Crippen LogP contribution in [0, 0.1) is 5.82 Å². The molecule has 3 aromatic rings. The lowest BCUT2D eigenvalue weighted by atomic mass is 10.0. The second-order valence-electron chi connectivity index (χ2n) is 4.31. The second-order valence-corrected chi connectivity index (χ2v) is 4.67. The maximum Gasteiger partial charge on any atom is 0.153 e. The van der Waals surface area contributed by atoms with Crippen molar-refractivity contribution in [3.8, 4) is 11.3 Å². The molecule has 4 heteroatoms. The molecule has 0 spiro atoms. The number of hydrogen-bond acceptors (Lipinski definition) is 2. The lowest BCUT2D eigenvalue weighted by Gasteiger charge is -2.10. The van der Waals surface area contributed by atoms with Crippen LogP contribution in [-0.4, -0.2) is 11.3 Å². The summed E-state index contributed by atoms with van der Waals surface area (Å²) in [6.07, 6.45) is 0.669. The van der Waals surface area contributed by atoms with Crippen LogP contribution in [0.15, 0.2) is 48.5 Å². The molecule has 0 bridgehead atoms. The van der Waals surface area contributed by atoms with E-state index in [2.05, 4.69) is 4.98 Å². The molecule has 0 unspecified atom stereocenters. The number of aldehydes is 1. The van der Waals surface area contributed by atoms with Crippen LogP contribution in [0.25, 0.3) is 22.0 Å². The average Bonchev–Trinajstić information content (AvgIpc) is 2.47. The van der Waals surface area contributed by atoms with Gasteiger partial charge in [-0.2, -0.15) is 0 Å². The largest absolute Gasteiger partial charge is 0.298 e. The van der Waals surface area contributed by atoms with Crippen molar-refractivity contribution >= 4 is 28.7 Å². The number of carbonyl (C=O) groups is 1. The van der Waals surface area contributed by atoms with Gasteiger partial charge in [0.05, 0.1) is 11.3 Å². The highest BCUT2D eigenvalue weighted by atomic mass is 35.5. The first-order valence-electron chi connectivity index (χ1n) is 6.00. The van der Waals surface area contributed by atoms with Gasteiger partial charge >= 0.3 is 0 Å². The first kappa shape index (κ1) is 12.8. The Morgan fingerprint density at radius 2 is 1.65 bits per heavy atom. The standard InChI is InChI=1S/C16H9ClFNO/c17-16-13(9-20)10-5-1-2-6-11(10)15(19-16)12-7-3-4-8-14(12)18/h1-9H. The Morgan fingerprint density at radius 1 is 1.00 bits per heavy atom. The molecule has 0 fully saturated rings. The topological polar surface area (TPSA) is 30.0 Å². The summed E-state index contributed by atoms with van der Waals surface area (Å²) >= 11 is 6.05. The maximum atomic E-state index is 14.0. The van der Waals surface area contributed by atoms with Gasteiger partial charge in [0.2, 0.25) is 0 Å². The fraction of sp³-hybridized carbons (Fsp3) is 0. The monoisotopic (exact) mass is 285 g/mol. The fourth-order valence-electron chi connectivity index (χ4n) is 2.22. The summed E-state index contributed by atoms with van der Waals surface area (Å²) in [5.41, 5.74) is 1.12. The Bertz CT molecular complexity index is 817. The summed E-state index contributed by atoms with van der Waals surface area (Å²) in [7, 11) is 0. The first-order valence-corrected chi connectivity index (χ1v) is 6.38. The van der Waals surface area contributed by atoms with E-state index in [0.29, 0.717) is 33.9 Å². The lowest BCUT2D eigenvalue weighted by Crippen LogP contribution is -1.95. The minimum atomic E-state index is -0.375. The zero-order valence-corrected chi connectivity index (χ0v) is 11.1. The van der Waals surface area contributed by atoms with Gasteiger partial charge in [-0.3, -0.25) is 4.79 Å². The molecule has 0 aliphatic carbocycles. The number of carbonyl (C=O) groups excluding carboxylic acids is 1. The van der Waals surface area contributed by atoms with E-state index in [1.807, 2.05) is 6.07 Å². The summed E-state index contributed by atoms with van der Waals surface area (Å²) < 4.78 is 14.0. The molecule has 20 heavy (non-hydrogen) atoms. The molecule has 0 saturated carbocycles. The fourth-order valence-corrected chi connectivity index (χ4v) is 2.46. The number of aromatic nitrogens is 1. The molecule has 2 aromatic carbocycles. The Hall–Kier alpha value is -2.26. The van der Waals surface area contributed by atoms with Gasteiger partial charge in [0, 0.05) is 10.9 Å². The normalized spacial score (nSPS) is 10.7. The molecular weight excluding hydrogens is 277 g/mol. The third-order valence-corrected chi connectivity index (χ3v) is 3.44. The van der Waals surface area contributed by atoms with E-state index >= 15 is 0 Å². The minimum absolute atomic E-state index is 0.0805. The summed E-state index contributed by atoms with van der Waals surface area (Å²) in [4.78, 5) is 15.4. The van der Waals surface area contributed by atoms with Gasteiger partial charge in [-0.1, -0.05) is 48.0 Å². The number of rotatable bonds is 2. The van der Waals surface area contributed by atoms with E-state index in [0.717, 1.165) is 0 Å². The van der Waals surface area contributed by atoms with Gasteiger partial charge in [-0.15, -0.1) is 0 Å². The Balaban J connectivity index is 2.44. The van der Waals surface area contributed by atoms with Crippen LogP contribution in [0.5, 0.6) is 0 Å². The zero-order chi connectivity index (χ0) is 14.1. The molecule has 1 aromatic heterocycles. The SMILES string of the molecule is O=Cc1c(Cl)nc(-c2ccccc2F)c2ccccc12. The summed E-state index contributed by atoms with van der Waals surface area (Å²) in [5.74, 6) is -0.375. The summed E-state index contributed by atoms with van der Waals surface area (Å²) in [6, 6.07) is 13.5. The number of halogens is 2. The van der Waals surface area contributed by atoms with E-state index in [-0.39, 0.29) is 11.0 Å². The van der Waals surface area contributed by atoms with Crippen molar-refractivity contribution in [2.24, 2.45) is 0 Å². The van der Waals surface area contributed by atoms with Gasteiger partial charge in [0.1, 0.15) is 11.0 Å². The van der Waals surface area contributed by atoms with Crippen molar-refractivity contribution in [3.05, 3.63) is 65.1 Å². The second kappa shape index (κ2) is 5.02. The highest BCUT2D eigenvalue weighted by molar-refractivity contribution is 6.33. The number of nitrogens with zero attached hydrogens (tertiary/aromatic N) is 1. The molecule has 0 amide bonds. The predicted molar refractivity (Wildman–Crippen MR) is 77.5 cm³/mol. The molecule has 2 nitrogen and oxygen atoms in total. The molecule has 0 saturated heterocycles. The Kier molecular flexibility index (Phi) is 3.20. The number of benzene rings is 2. The third-order valence-electron chi connectivity index (χ3n) is 3.15. The van der Waals surface area contributed by atoms with Crippen molar-refractivity contribution in [1.29, 1.82) is 0 Å². The third kappa shape index (κ3) is 1.96. The smallest absolute Gasteiger partial charge is 0.153 e. The van der Waals surface area contributed by atoms with Crippen LogP contribution in [0.4, 0.5) is 4.39 Å². The summed E-state index contributed by atoms with van der Waals surface area (Å²) in [5, 5.41) is 1.45. The number of hydrogen-bond donors (Lipinski definition) is 0. The minimum Gasteiger partial charge on any atom is -0.298 e. The molecule has 98 valence electrons. The van der Waals surface area contributed by atoms with Crippen molar-refractivity contribution in [2.75, 3.05) is 0 Å². The average molecular weight is 286 g/mol. The highest BCUT2D eigenvalue weighted by Crippen LogP contribution is 2.32. The van der Waals surface area contributed by atoms with Crippen molar-refractivity contribution < 1.29 is 9.18 Å². The van der Waals surface area contributed by atoms with Crippen LogP contribution in [-0.2, 0) is 0 Å². The Morgan fingerprint density at radius 3 is 2.35 bits per heavy atom. The van der Waals surface area contributed by atoms with Gasteiger partial charge in [-0.05, 0) is 17.5 Å². The molecule has 0 radical (unpaired) electrons.